The van der Waals surface area contributed by atoms with Gasteiger partial charge >= 0.3 is 17.9 Å². The molecule has 0 saturated heterocycles. The molecule has 0 aromatic heterocycles. The third-order valence-electron chi connectivity index (χ3n) is 12.3. The lowest BCUT2D eigenvalue weighted by Gasteiger charge is -2.18. The van der Waals surface area contributed by atoms with E-state index in [0.717, 1.165) is 70.6 Å². The van der Waals surface area contributed by atoms with E-state index in [-0.39, 0.29) is 44.0 Å². The molecule has 0 rings (SSSR count). The summed E-state index contributed by atoms with van der Waals surface area (Å²) in [6.45, 7) is 6.51. The maximum absolute atomic E-state index is 12.8. The fourth-order valence-electron chi connectivity index (χ4n) is 7.90. The van der Waals surface area contributed by atoms with Crippen molar-refractivity contribution in [1.29, 1.82) is 0 Å². The van der Waals surface area contributed by atoms with Gasteiger partial charge in [0.1, 0.15) is 13.2 Å². The smallest absolute Gasteiger partial charge is 0.306 e. The predicted molar refractivity (Wildman–Crippen MR) is 302 cm³/mol. The summed E-state index contributed by atoms with van der Waals surface area (Å²) in [5.74, 6) is -1.02. The zero-order valence-corrected chi connectivity index (χ0v) is 45.8. The molecule has 70 heavy (non-hydrogen) atoms. The Kier molecular flexibility index (Phi) is 54.9. The molecule has 6 nitrogen and oxygen atoms in total. The maximum Gasteiger partial charge on any atom is 0.306 e. The van der Waals surface area contributed by atoms with Gasteiger partial charge in [0.15, 0.2) is 6.10 Å². The van der Waals surface area contributed by atoms with Crippen LogP contribution in [0.4, 0.5) is 0 Å². The highest BCUT2D eigenvalue weighted by Crippen LogP contribution is 2.15. The Morgan fingerprint density at radius 2 is 0.529 bits per heavy atom. The van der Waals surface area contributed by atoms with Gasteiger partial charge in [-0.25, -0.2) is 0 Å². The van der Waals surface area contributed by atoms with Crippen LogP contribution in [0.1, 0.15) is 271 Å². The van der Waals surface area contributed by atoms with Crippen molar-refractivity contribution in [3.8, 4) is 0 Å². The Labute approximate surface area is 432 Å². The summed E-state index contributed by atoms with van der Waals surface area (Å²) in [6, 6.07) is 0. The fourth-order valence-corrected chi connectivity index (χ4v) is 7.90. The number of hydrogen-bond acceptors (Lipinski definition) is 6. The fraction of sp³-hybridized carbons (Fsp3) is 0.703. The molecule has 0 aromatic carbocycles. The third-order valence-corrected chi connectivity index (χ3v) is 12.3. The number of hydrogen-bond donors (Lipinski definition) is 0. The normalized spacial score (nSPS) is 12.8. The molecule has 0 fully saturated rings. The van der Waals surface area contributed by atoms with Crippen LogP contribution in [0.3, 0.4) is 0 Å². The van der Waals surface area contributed by atoms with Crippen molar-refractivity contribution in [2.75, 3.05) is 13.2 Å². The number of carbonyl (C=O) groups excluding carboxylic acids is 3. The summed E-state index contributed by atoms with van der Waals surface area (Å²) >= 11 is 0. The summed E-state index contributed by atoms with van der Waals surface area (Å²) in [6.07, 6.45) is 76.9. The van der Waals surface area contributed by atoms with Crippen LogP contribution in [0.2, 0.25) is 0 Å². The lowest BCUT2D eigenvalue weighted by Crippen LogP contribution is -2.30. The van der Waals surface area contributed by atoms with Crippen LogP contribution >= 0.6 is 0 Å². The Hall–Kier alpha value is -3.67. The average Bonchev–Trinajstić information content (AvgIpc) is 3.36. The molecule has 1 atom stereocenters. The van der Waals surface area contributed by atoms with E-state index < -0.39 is 6.10 Å². The Balaban J connectivity index is 4.53. The molecule has 0 spiro atoms. The van der Waals surface area contributed by atoms with Crippen molar-refractivity contribution in [2.45, 2.75) is 277 Å². The van der Waals surface area contributed by atoms with Crippen molar-refractivity contribution in [1.82, 2.24) is 0 Å². The van der Waals surface area contributed by atoms with E-state index in [4.69, 9.17) is 14.2 Å². The van der Waals surface area contributed by atoms with Crippen molar-refractivity contribution < 1.29 is 28.6 Å². The molecule has 0 heterocycles. The molecule has 6 heteroatoms. The van der Waals surface area contributed by atoms with E-state index in [9.17, 15) is 14.4 Å². The van der Waals surface area contributed by atoms with Crippen molar-refractivity contribution in [3.05, 3.63) is 97.2 Å². The predicted octanol–water partition coefficient (Wildman–Crippen LogP) is 19.7. The molecule has 0 amide bonds. The first-order valence-electron chi connectivity index (χ1n) is 29.2. The summed E-state index contributed by atoms with van der Waals surface area (Å²) in [4.78, 5) is 38.1. The van der Waals surface area contributed by atoms with E-state index in [1.807, 2.05) is 0 Å². The highest BCUT2D eigenvalue weighted by molar-refractivity contribution is 5.71. The summed E-state index contributed by atoms with van der Waals surface area (Å²) in [5, 5.41) is 0. The lowest BCUT2D eigenvalue weighted by molar-refractivity contribution is -0.167. The number of esters is 3. The monoisotopic (exact) mass is 973 g/mol. The molecule has 0 aliphatic rings. The second-order valence-electron chi connectivity index (χ2n) is 19.2. The molecule has 400 valence electrons. The van der Waals surface area contributed by atoms with Crippen LogP contribution < -0.4 is 0 Å². The first-order valence-corrected chi connectivity index (χ1v) is 29.2. The molecule has 0 radical (unpaired) electrons. The van der Waals surface area contributed by atoms with Gasteiger partial charge in [0.25, 0.3) is 0 Å². The number of ether oxygens (including phenoxy) is 3. The SMILES string of the molecule is CCCCC/C=C\C/C=C\C/C=C\C/C=C\CCCC(=O)OCC(COC(=O)CCCCCCCCCCCCCCCCCCCC)OC(=O)CCC/C=C\C/C=C\C/C=C\C/C=C\CCCCC. The molecule has 0 aliphatic carbocycles. The number of carbonyl (C=O) groups is 3. The second kappa shape index (κ2) is 57.9. The van der Waals surface area contributed by atoms with E-state index >= 15 is 0 Å². The van der Waals surface area contributed by atoms with Crippen LogP contribution in [-0.2, 0) is 28.6 Å². The van der Waals surface area contributed by atoms with Crippen LogP contribution in [0.15, 0.2) is 97.2 Å². The number of rotatable bonds is 52. The quantitative estimate of drug-likeness (QED) is 0.0262. The van der Waals surface area contributed by atoms with Gasteiger partial charge in [-0.1, -0.05) is 253 Å². The second-order valence-corrected chi connectivity index (χ2v) is 19.2. The molecule has 1 unspecified atom stereocenters. The number of unbranched alkanes of at least 4 members (excludes halogenated alkanes) is 25. The van der Waals surface area contributed by atoms with Gasteiger partial charge in [-0.05, 0) is 96.3 Å². The standard InChI is InChI=1S/C64H108O6/c1-4-7-10-13-16-19-22-25-28-31-34-36-39-42-45-48-51-54-57-63(66)69-60-61(70-64(67)58-55-52-49-46-43-40-37-33-30-27-24-21-18-15-12-9-6-3)59-68-62(65)56-53-50-47-44-41-38-35-32-29-26-23-20-17-14-11-8-5-2/h17-18,20-21,26-27,29-30,35,37-38,40,44,46-47,49,61H,4-16,19,22-25,28,31-34,36,39,41-43,45,48,50-60H2,1-3H3/b20-17-,21-18-,29-26-,30-27-,38-35-,40-37-,47-44-,49-46-. The molecule has 0 N–H and O–H groups in total. The van der Waals surface area contributed by atoms with E-state index in [2.05, 4.69) is 118 Å². The minimum atomic E-state index is -0.828. The van der Waals surface area contributed by atoms with E-state index in [0.29, 0.717) is 19.3 Å². The molecule has 0 aromatic rings. The first-order chi connectivity index (χ1) is 34.5. The zero-order valence-electron chi connectivity index (χ0n) is 45.8. The first kappa shape index (κ1) is 66.3. The van der Waals surface area contributed by atoms with Crippen LogP contribution in [0.5, 0.6) is 0 Å². The zero-order chi connectivity index (χ0) is 50.7. The average molecular weight is 974 g/mol. The van der Waals surface area contributed by atoms with Gasteiger partial charge < -0.3 is 14.2 Å². The Morgan fingerprint density at radius 3 is 0.857 bits per heavy atom. The molecule has 0 bridgehead atoms. The van der Waals surface area contributed by atoms with Crippen molar-refractivity contribution in [3.63, 3.8) is 0 Å². The minimum absolute atomic E-state index is 0.115. The highest BCUT2D eigenvalue weighted by Gasteiger charge is 2.19. The van der Waals surface area contributed by atoms with Crippen LogP contribution in [-0.4, -0.2) is 37.2 Å². The Bertz CT molecular complexity index is 1400. The largest absolute Gasteiger partial charge is 0.462 e. The molecular formula is C64H108O6. The molecule has 0 saturated carbocycles. The third kappa shape index (κ3) is 55.3. The van der Waals surface area contributed by atoms with Gasteiger partial charge in [0.05, 0.1) is 0 Å². The summed E-state index contributed by atoms with van der Waals surface area (Å²) in [7, 11) is 0. The summed E-state index contributed by atoms with van der Waals surface area (Å²) in [5.41, 5.74) is 0. The molecule has 0 aliphatic heterocycles. The van der Waals surface area contributed by atoms with Gasteiger partial charge in [0, 0.05) is 19.3 Å². The van der Waals surface area contributed by atoms with Crippen molar-refractivity contribution in [2.24, 2.45) is 0 Å². The topological polar surface area (TPSA) is 78.9 Å². The summed E-state index contributed by atoms with van der Waals surface area (Å²) < 4.78 is 16.8. The lowest BCUT2D eigenvalue weighted by atomic mass is 10.0. The van der Waals surface area contributed by atoms with E-state index in [1.54, 1.807) is 0 Å². The minimum Gasteiger partial charge on any atom is -0.462 e. The van der Waals surface area contributed by atoms with Gasteiger partial charge in [-0.2, -0.15) is 0 Å². The van der Waals surface area contributed by atoms with Crippen LogP contribution in [0, 0.1) is 0 Å². The maximum atomic E-state index is 12.8. The van der Waals surface area contributed by atoms with Gasteiger partial charge in [0.2, 0.25) is 0 Å². The number of allylic oxidation sites excluding steroid dienone is 16. The van der Waals surface area contributed by atoms with Gasteiger partial charge in [-0.3, -0.25) is 14.4 Å². The van der Waals surface area contributed by atoms with Gasteiger partial charge in [-0.15, -0.1) is 0 Å². The van der Waals surface area contributed by atoms with Crippen LogP contribution in [0.25, 0.3) is 0 Å². The van der Waals surface area contributed by atoms with Crippen molar-refractivity contribution >= 4 is 17.9 Å². The van der Waals surface area contributed by atoms with E-state index in [1.165, 1.54) is 148 Å². The Morgan fingerprint density at radius 1 is 0.286 bits per heavy atom. The molecular weight excluding hydrogens is 865 g/mol. The highest BCUT2D eigenvalue weighted by atomic mass is 16.6.